The second-order valence-corrected chi connectivity index (χ2v) is 6.64. The van der Waals surface area contributed by atoms with E-state index < -0.39 is 0 Å². The summed E-state index contributed by atoms with van der Waals surface area (Å²) in [5, 5.41) is 2.82. The minimum Gasteiger partial charge on any atom is -0.370 e. The van der Waals surface area contributed by atoms with E-state index in [4.69, 9.17) is 5.73 Å². The molecule has 1 aromatic rings. The van der Waals surface area contributed by atoms with Crippen LogP contribution in [0.1, 0.15) is 30.4 Å². The van der Waals surface area contributed by atoms with Gasteiger partial charge in [-0.15, -0.1) is 0 Å². The number of benzene rings is 1. The van der Waals surface area contributed by atoms with E-state index in [0.717, 1.165) is 23.7 Å². The van der Waals surface area contributed by atoms with Gasteiger partial charge in [0, 0.05) is 28.8 Å². The van der Waals surface area contributed by atoms with E-state index >= 15 is 0 Å². The Morgan fingerprint density at radius 2 is 2.25 bits per heavy atom. The second kappa shape index (κ2) is 4.88. The minimum absolute atomic E-state index is 0.0485. The molecule has 1 spiro atoms. The van der Waals surface area contributed by atoms with Crippen LogP contribution in [0.2, 0.25) is 0 Å². The number of fused-ring (bicyclic) bond motifs is 2. The summed E-state index contributed by atoms with van der Waals surface area (Å²) in [6.45, 7) is 0.341. The van der Waals surface area contributed by atoms with Crippen LogP contribution in [0.4, 0.5) is 0 Å². The van der Waals surface area contributed by atoms with Crippen LogP contribution in [-0.2, 0) is 21.4 Å². The number of nitrogens with one attached hydrogen (secondary N) is 1. The highest BCUT2D eigenvalue weighted by Gasteiger charge is 2.61. The van der Waals surface area contributed by atoms with Gasteiger partial charge in [0.15, 0.2) is 0 Å². The van der Waals surface area contributed by atoms with Crippen LogP contribution < -0.4 is 11.1 Å². The smallest absolute Gasteiger partial charge is 0.224 e. The third-order valence-electron chi connectivity index (χ3n) is 4.51. The summed E-state index contributed by atoms with van der Waals surface area (Å²) in [6, 6.07) is 6.35. The van der Waals surface area contributed by atoms with Crippen molar-refractivity contribution in [2.75, 3.05) is 6.54 Å². The number of carbonyl (C=O) groups excluding carboxylic acids is 2. The number of hydrogen-bond acceptors (Lipinski definition) is 2. The minimum atomic E-state index is -0.383. The fraction of sp³-hybridized carbons (Fsp3) is 0.467. The highest BCUT2D eigenvalue weighted by Crippen LogP contribution is 2.61. The summed E-state index contributed by atoms with van der Waals surface area (Å²) in [5.41, 5.74) is 7.80. The van der Waals surface area contributed by atoms with Crippen molar-refractivity contribution in [1.29, 1.82) is 0 Å². The number of rotatable bonds is 4. The Balaban J connectivity index is 1.67. The summed E-state index contributed by atoms with van der Waals surface area (Å²) < 4.78 is 1.09. The lowest BCUT2D eigenvalue weighted by Gasteiger charge is -2.11. The number of nitrogens with two attached hydrogens (primary N) is 1. The predicted octanol–water partition coefficient (Wildman–Crippen LogP) is 1.64. The van der Waals surface area contributed by atoms with E-state index in [1.165, 1.54) is 11.1 Å². The normalized spacial score (nSPS) is 26.4. The molecule has 0 unspecified atom stereocenters. The summed E-state index contributed by atoms with van der Waals surface area (Å²) in [4.78, 5) is 22.8. The largest absolute Gasteiger partial charge is 0.370 e. The molecule has 0 heterocycles. The average molecular weight is 337 g/mol. The Bertz CT molecular complexity index is 587. The van der Waals surface area contributed by atoms with Gasteiger partial charge in [0.25, 0.3) is 0 Å². The number of primary amides is 1. The highest BCUT2D eigenvalue weighted by atomic mass is 79.9. The fourth-order valence-electron chi connectivity index (χ4n) is 3.40. The van der Waals surface area contributed by atoms with Crippen molar-refractivity contribution in [1.82, 2.24) is 5.32 Å². The van der Waals surface area contributed by atoms with Gasteiger partial charge in [-0.3, -0.25) is 9.59 Å². The molecule has 0 bridgehead atoms. The first-order valence-corrected chi connectivity index (χ1v) is 7.67. The summed E-state index contributed by atoms with van der Waals surface area (Å²) in [7, 11) is 0. The lowest BCUT2D eigenvalue weighted by Crippen LogP contribution is -2.31. The van der Waals surface area contributed by atoms with Crippen molar-refractivity contribution in [3.8, 4) is 0 Å². The van der Waals surface area contributed by atoms with Crippen LogP contribution in [-0.4, -0.2) is 18.4 Å². The molecule has 106 valence electrons. The molecule has 1 aromatic carbocycles. The topological polar surface area (TPSA) is 72.2 Å². The van der Waals surface area contributed by atoms with Crippen molar-refractivity contribution in [3.05, 3.63) is 33.8 Å². The van der Waals surface area contributed by atoms with Crippen LogP contribution in [0.5, 0.6) is 0 Å². The molecule has 4 nitrogen and oxygen atoms in total. The first kappa shape index (κ1) is 13.6. The van der Waals surface area contributed by atoms with Crippen molar-refractivity contribution >= 4 is 27.7 Å². The van der Waals surface area contributed by atoms with E-state index in [-0.39, 0.29) is 29.6 Å². The van der Waals surface area contributed by atoms with Gasteiger partial charge in [-0.2, -0.15) is 0 Å². The van der Waals surface area contributed by atoms with E-state index in [1.54, 1.807) is 0 Å². The van der Waals surface area contributed by atoms with Crippen LogP contribution in [0.3, 0.4) is 0 Å². The Hall–Kier alpha value is -1.36. The molecular formula is C15H17BrN2O2. The van der Waals surface area contributed by atoms with Gasteiger partial charge in [-0.05, 0) is 42.5 Å². The molecule has 1 fully saturated rings. The second-order valence-electron chi connectivity index (χ2n) is 5.72. The molecule has 20 heavy (non-hydrogen) atoms. The lowest BCUT2D eigenvalue weighted by atomic mass is 9.95. The Labute approximate surface area is 126 Å². The van der Waals surface area contributed by atoms with Crippen LogP contribution in [0.25, 0.3) is 0 Å². The van der Waals surface area contributed by atoms with Crippen molar-refractivity contribution in [2.45, 2.75) is 31.1 Å². The fourth-order valence-corrected chi connectivity index (χ4v) is 3.81. The molecule has 0 radical (unpaired) electrons. The summed E-state index contributed by atoms with van der Waals surface area (Å²) >= 11 is 3.49. The van der Waals surface area contributed by atoms with E-state index in [1.807, 2.05) is 6.07 Å². The lowest BCUT2D eigenvalue weighted by molar-refractivity contribution is -0.123. The molecule has 3 N–H and O–H groups in total. The molecule has 5 heteroatoms. The van der Waals surface area contributed by atoms with Gasteiger partial charge in [0.05, 0.1) is 0 Å². The number of aryl methyl sites for hydroxylation is 1. The van der Waals surface area contributed by atoms with Crippen LogP contribution in [0.15, 0.2) is 22.7 Å². The third kappa shape index (κ3) is 2.24. The molecule has 0 aromatic heterocycles. The molecule has 2 amide bonds. The predicted molar refractivity (Wildman–Crippen MR) is 79.1 cm³/mol. The molecule has 2 aliphatic rings. The zero-order valence-corrected chi connectivity index (χ0v) is 12.7. The van der Waals surface area contributed by atoms with E-state index in [2.05, 4.69) is 33.4 Å². The van der Waals surface area contributed by atoms with Gasteiger partial charge in [-0.1, -0.05) is 22.0 Å². The number of halogens is 1. The molecule has 0 saturated heterocycles. The quantitative estimate of drug-likeness (QED) is 0.877. The van der Waals surface area contributed by atoms with Crippen LogP contribution in [0, 0.1) is 5.92 Å². The Kier molecular flexibility index (Phi) is 3.32. The maximum Gasteiger partial charge on any atom is 0.224 e. The number of amides is 2. The van der Waals surface area contributed by atoms with Gasteiger partial charge in [0.2, 0.25) is 11.8 Å². The molecular weight excluding hydrogens is 320 g/mol. The van der Waals surface area contributed by atoms with Gasteiger partial charge in [-0.25, -0.2) is 0 Å². The summed E-state index contributed by atoms with van der Waals surface area (Å²) in [6.07, 6.45) is 3.21. The van der Waals surface area contributed by atoms with E-state index in [0.29, 0.717) is 6.54 Å². The van der Waals surface area contributed by atoms with Gasteiger partial charge >= 0.3 is 0 Å². The molecule has 3 rings (SSSR count). The number of hydrogen-bond donors (Lipinski definition) is 2. The average Bonchev–Trinajstić information content (AvgIpc) is 3.01. The van der Waals surface area contributed by atoms with E-state index in [9.17, 15) is 9.59 Å². The zero-order valence-electron chi connectivity index (χ0n) is 11.1. The highest BCUT2D eigenvalue weighted by molar-refractivity contribution is 9.10. The maximum atomic E-state index is 12.2. The zero-order chi connectivity index (χ0) is 14.3. The van der Waals surface area contributed by atoms with Crippen molar-refractivity contribution in [3.63, 3.8) is 0 Å². The number of carbonyl (C=O) groups is 2. The monoisotopic (exact) mass is 336 g/mol. The SMILES string of the molecule is NC(=O)CCNC(=O)[C@H]1C[C@@]12CCc1cc(Br)ccc12. The van der Waals surface area contributed by atoms with Crippen molar-refractivity contribution < 1.29 is 9.59 Å². The molecule has 0 aliphatic heterocycles. The molecule has 1 saturated carbocycles. The molecule has 2 aliphatic carbocycles. The maximum absolute atomic E-state index is 12.2. The Morgan fingerprint density at radius 1 is 1.45 bits per heavy atom. The third-order valence-corrected chi connectivity index (χ3v) is 5.00. The van der Waals surface area contributed by atoms with Crippen LogP contribution >= 0.6 is 15.9 Å². The van der Waals surface area contributed by atoms with Gasteiger partial charge < -0.3 is 11.1 Å². The Morgan fingerprint density at radius 3 is 3.00 bits per heavy atom. The van der Waals surface area contributed by atoms with Crippen molar-refractivity contribution in [2.24, 2.45) is 11.7 Å². The van der Waals surface area contributed by atoms with Gasteiger partial charge in [0.1, 0.15) is 0 Å². The standard InChI is InChI=1S/C15H17BrN2O2/c16-10-1-2-11-9(7-10)3-5-15(11)8-12(15)14(20)18-6-4-13(17)19/h1-2,7,12H,3-6,8H2,(H2,17,19)(H,18,20)/t12-,15-/m1/s1. The summed E-state index contributed by atoms with van der Waals surface area (Å²) in [5.74, 6) is -0.272. The molecule has 2 atom stereocenters. The first-order valence-electron chi connectivity index (χ1n) is 6.88. The first-order chi connectivity index (χ1) is 9.53.